The van der Waals surface area contributed by atoms with Gasteiger partial charge in [-0.3, -0.25) is 9.59 Å². The Morgan fingerprint density at radius 3 is 2.72 bits per heavy atom. The van der Waals surface area contributed by atoms with Crippen molar-refractivity contribution in [3.05, 3.63) is 66.3 Å². The number of likely N-dealkylation sites (N-methyl/N-ethyl adjacent to an activating group) is 1. The minimum absolute atomic E-state index is 0.0365. The van der Waals surface area contributed by atoms with Crippen LogP contribution in [-0.4, -0.2) is 40.3 Å². The summed E-state index contributed by atoms with van der Waals surface area (Å²) < 4.78 is 0. The molecule has 2 heterocycles. The van der Waals surface area contributed by atoms with E-state index in [4.69, 9.17) is 0 Å². The van der Waals surface area contributed by atoms with Crippen LogP contribution < -0.4 is 4.90 Å². The summed E-state index contributed by atoms with van der Waals surface area (Å²) in [6.07, 6.45) is 4.58. The van der Waals surface area contributed by atoms with Crippen LogP contribution in [0.2, 0.25) is 0 Å². The second kappa shape index (κ2) is 6.84. The Kier molecular flexibility index (Phi) is 4.61. The number of rotatable bonds is 3. The lowest BCUT2D eigenvalue weighted by Gasteiger charge is -2.32. The fourth-order valence-corrected chi connectivity index (χ4v) is 3.05. The third kappa shape index (κ3) is 3.28. The Bertz CT molecular complexity index is 816. The summed E-state index contributed by atoms with van der Waals surface area (Å²) in [5, 5.41) is 0. The second-order valence-electron chi connectivity index (χ2n) is 6.17. The first-order valence-corrected chi connectivity index (χ1v) is 8.09. The summed E-state index contributed by atoms with van der Waals surface area (Å²) in [6, 6.07) is 7.01. The van der Waals surface area contributed by atoms with Crippen LogP contribution >= 0.6 is 0 Å². The highest BCUT2D eigenvalue weighted by molar-refractivity contribution is 6.01. The van der Waals surface area contributed by atoms with Crippen molar-refractivity contribution < 1.29 is 9.59 Å². The standard InChI is InChI=1S/C19H20N4O2/c1-4-17(24)22(3)16-7-5-14(6-8-16)19(25)23-10-13(2)18-15(11-23)9-20-12-21-18/h4-9,12-13H,1,10-11H2,2-3H3. The Labute approximate surface area is 146 Å². The fraction of sp³-hybridized carbons (Fsp3) is 0.263. The monoisotopic (exact) mass is 336 g/mol. The number of carbonyl (C=O) groups is 2. The van der Waals surface area contributed by atoms with Crippen molar-refractivity contribution in [1.29, 1.82) is 0 Å². The van der Waals surface area contributed by atoms with Crippen LogP contribution in [0.15, 0.2) is 49.4 Å². The van der Waals surface area contributed by atoms with Gasteiger partial charge in [0.25, 0.3) is 5.91 Å². The van der Waals surface area contributed by atoms with Gasteiger partial charge in [-0.05, 0) is 30.3 Å². The number of benzene rings is 1. The Hall–Kier alpha value is -3.02. The molecule has 2 amide bonds. The molecule has 1 atom stereocenters. The molecule has 6 heteroatoms. The van der Waals surface area contributed by atoms with E-state index in [2.05, 4.69) is 23.5 Å². The summed E-state index contributed by atoms with van der Waals surface area (Å²) in [5.41, 5.74) is 3.31. The van der Waals surface area contributed by atoms with Crippen molar-refractivity contribution in [2.75, 3.05) is 18.5 Å². The van der Waals surface area contributed by atoms with E-state index in [0.717, 1.165) is 11.3 Å². The first-order chi connectivity index (χ1) is 12.0. The Morgan fingerprint density at radius 1 is 1.32 bits per heavy atom. The van der Waals surface area contributed by atoms with Crippen LogP contribution in [0.25, 0.3) is 0 Å². The lowest BCUT2D eigenvalue weighted by atomic mass is 9.97. The number of carbonyl (C=O) groups excluding carboxylic acids is 2. The van der Waals surface area contributed by atoms with E-state index in [9.17, 15) is 9.59 Å². The van der Waals surface area contributed by atoms with Gasteiger partial charge in [0.05, 0.1) is 5.69 Å². The van der Waals surface area contributed by atoms with Crippen molar-refractivity contribution in [3.8, 4) is 0 Å². The average molecular weight is 336 g/mol. The van der Waals surface area contributed by atoms with Gasteiger partial charge in [-0.25, -0.2) is 9.97 Å². The highest BCUT2D eigenvalue weighted by Crippen LogP contribution is 2.26. The number of amides is 2. The molecule has 0 aliphatic carbocycles. The molecule has 1 aromatic heterocycles. The molecule has 1 aliphatic rings. The van der Waals surface area contributed by atoms with Crippen LogP contribution in [0, 0.1) is 0 Å². The molecule has 0 fully saturated rings. The summed E-state index contributed by atoms with van der Waals surface area (Å²) in [4.78, 5) is 36.1. The molecule has 1 aliphatic heterocycles. The van der Waals surface area contributed by atoms with Crippen molar-refractivity contribution >= 4 is 17.5 Å². The number of nitrogens with zero attached hydrogens (tertiary/aromatic N) is 4. The van der Waals surface area contributed by atoms with E-state index in [-0.39, 0.29) is 17.7 Å². The predicted molar refractivity (Wildman–Crippen MR) is 95.2 cm³/mol. The molecule has 6 nitrogen and oxygen atoms in total. The number of hydrogen-bond acceptors (Lipinski definition) is 4. The number of anilines is 1. The van der Waals surface area contributed by atoms with Gasteiger partial charge in [0.2, 0.25) is 5.91 Å². The van der Waals surface area contributed by atoms with Crippen molar-refractivity contribution in [3.63, 3.8) is 0 Å². The molecule has 128 valence electrons. The Balaban J connectivity index is 1.78. The van der Waals surface area contributed by atoms with E-state index in [1.807, 2.05) is 4.90 Å². The van der Waals surface area contributed by atoms with Crippen molar-refractivity contribution in [2.24, 2.45) is 0 Å². The van der Waals surface area contributed by atoms with Crippen LogP contribution in [0.5, 0.6) is 0 Å². The van der Waals surface area contributed by atoms with Gasteiger partial charge in [0.1, 0.15) is 6.33 Å². The number of fused-ring (bicyclic) bond motifs is 1. The zero-order valence-electron chi connectivity index (χ0n) is 14.3. The van der Waals surface area contributed by atoms with Crippen LogP contribution in [0.1, 0.15) is 34.5 Å². The van der Waals surface area contributed by atoms with Gasteiger partial charge in [0, 0.05) is 49.1 Å². The molecule has 0 radical (unpaired) electrons. The van der Waals surface area contributed by atoms with E-state index in [1.54, 1.807) is 43.8 Å². The molecule has 0 saturated carbocycles. The first-order valence-electron chi connectivity index (χ1n) is 8.09. The highest BCUT2D eigenvalue weighted by Gasteiger charge is 2.27. The average Bonchev–Trinajstić information content (AvgIpc) is 2.66. The molecule has 1 unspecified atom stereocenters. The summed E-state index contributed by atoms with van der Waals surface area (Å²) >= 11 is 0. The molecule has 0 saturated heterocycles. The zero-order valence-corrected chi connectivity index (χ0v) is 14.3. The predicted octanol–water partition coefficient (Wildman–Crippen LogP) is 2.38. The Morgan fingerprint density at radius 2 is 2.04 bits per heavy atom. The van der Waals surface area contributed by atoms with Crippen LogP contribution in [0.4, 0.5) is 5.69 Å². The van der Waals surface area contributed by atoms with Crippen LogP contribution in [0.3, 0.4) is 0 Å². The van der Waals surface area contributed by atoms with Gasteiger partial charge in [-0.15, -0.1) is 0 Å². The van der Waals surface area contributed by atoms with Gasteiger partial charge in [-0.2, -0.15) is 0 Å². The number of hydrogen-bond donors (Lipinski definition) is 0. The molecule has 2 aromatic rings. The third-order valence-electron chi connectivity index (χ3n) is 4.44. The summed E-state index contributed by atoms with van der Waals surface area (Å²) in [6.45, 7) is 6.67. The van der Waals surface area contributed by atoms with Crippen molar-refractivity contribution in [1.82, 2.24) is 14.9 Å². The quantitative estimate of drug-likeness (QED) is 0.807. The normalized spacial score (nSPS) is 16.1. The number of aromatic nitrogens is 2. The van der Waals surface area contributed by atoms with Gasteiger partial charge >= 0.3 is 0 Å². The van der Waals surface area contributed by atoms with Gasteiger partial charge in [-0.1, -0.05) is 13.5 Å². The lowest BCUT2D eigenvalue weighted by molar-refractivity contribution is -0.113. The van der Waals surface area contributed by atoms with E-state index in [1.165, 1.54) is 11.0 Å². The van der Waals surface area contributed by atoms with E-state index >= 15 is 0 Å². The van der Waals surface area contributed by atoms with E-state index in [0.29, 0.717) is 24.3 Å². The molecule has 25 heavy (non-hydrogen) atoms. The molecule has 1 aromatic carbocycles. The lowest BCUT2D eigenvalue weighted by Crippen LogP contribution is -2.38. The molecule has 0 N–H and O–H groups in total. The smallest absolute Gasteiger partial charge is 0.254 e. The molecule has 0 bridgehead atoms. The molecule has 0 spiro atoms. The van der Waals surface area contributed by atoms with Gasteiger partial charge < -0.3 is 9.80 Å². The maximum absolute atomic E-state index is 12.8. The zero-order chi connectivity index (χ0) is 18.0. The third-order valence-corrected chi connectivity index (χ3v) is 4.44. The van der Waals surface area contributed by atoms with Crippen LogP contribution in [-0.2, 0) is 11.3 Å². The first kappa shape index (κ1) is 16.8. The fourth-order valence-electron chi connectivity index (χ4n) is 3.05. The van der Waals surface area contributed by atoms with E-state index < -0.39 is 0 Å². The highest BCUT2D eigenvalue weighted by atomic mass is 16.2. The largest absolute Gasteiger partial charge is 0.334 e. The van der Waals surface area contributed by atoms with Gasteiger partial charge in [0.15, 0.2) is 0 Å². The minimum Gasteiger partial charge on any atom is -0.334 e. The minimum atomic E-state index is -0.194. The summed E-state index contributed by atoms with van der Waals surface area (Å²) in [7, 11) is 1.67. The maximum Gasteiger partial charge on any atom is 0.254 e. The SMILES string of the molecule is C=CC(=O)N(C)c1ccc(C(=O)N2Cc3cncnc3C(C)C2)cc1. The maximum atomic E-state index is 12.8. The van der Waals surface area contributed by atoms with Crippen molar-refractivity contribution in [2.45, 2.75) is 19.4 Å². The molecular formula is C19H20N4O2. The molecule has 3 rings (SSSR count). The molecular weight excluding hydrogens is 316 g/mol. The second-order valence-corrected chi connectivity index (χ2v) is 6.17. The summed E-state index contributed by atoms with van der Waals surface area (Å²) in [5.74, 6) is -0.0579. The topological polar surface area (TPSA) is 66.4 Å².